The summed E-state index contributed by atoms with van der Waals surface area (Å²) in [6.07, 6.45) is -1.97. The zero-order valence-electron chi connectivity index (χ0n) is 67.1. The Labute approximate surface area is 658 Å². The lowest BCUT2D eigenvalue weighted by Crippen LogP contribution is -2.68. The van der Waals surface area contributed by atoms with E-state index in [0.29, 0.717) is 77.3 Å². The number of likely N-dealkylation sites (N-methyl/N-ethyl adjacent to an activating group) is 6. The van der Waals surface area contributed by atoms with E-state index in [1.807, 2.05) is 13.8 Å². The van der Waals surface area contributed by atoms with E-state index in [9.17, 15) is 31.1 Å². The molecule has 12 amide bonds. The van der Waals surface area contributed by atoms with E-state index in [2.05, 4.69) is 10.6 Å². The molecular formula is C81H114F6N12O14. The Morgan fingerprint density at radius 2 is 1.29 bits per heavy atom. The Morgan fingerprint density at radius 1 is 0.619 bits per heavy atom. The van der Waals surface area contributed by atoms with Gasteiger partial charge in [-0.05, 0) is 150 Å². The molecule has 2 N–H and O–H groups in total. The molecule has 2 aromatic rings. The molecule has 2 bridgehead atoms. The van der Waals surface area contributed by atoms with Gasteiger partial charge in [0.15, 0.2) is 0 Å². The Hall–Kier alpha value is -8.84. The molecule has 113 heavy (non-hydrogen) atoms. The van der Waals surface area contributed by atoms with Crippen LogP contribution in [0.1, 0.15) is 178 Å². The molecule has 26 nitrogen and oxygen atoms in total. The fourth-order valence-electron chi connectivity index (χ4n) is 17.5. The second-order valence-electron chi connectivity index (χ2n) is 31.7. The number of piperidine rings is 1. The van der Waals surface area contributed by atoms with Crippen LogP contribution in [0.2, 0.25) is 0 Å². The molecule has 7 aliphatic rings. The number of rotatable bonds is 14. The Morgan fingerprint density at radius 3 is 1.90 bits per heavy atom. The SMILES string of the molecule is CCC[C@H]1C(=O)N[C@@H]([C@@H](C)CC)C(=O)N2CCC[C@H]2C(=O)N(C)[C@H]2C/C=C\CCN(C2=O)[C@@H](Cc2ccc(C(F)(F)F)cc2)C(=O)N(C)CC(=O)N[C@@H](CCc2ccc(C(F)(F)F)c(OC)c2)C(=O)N2C[C@H](OCC)C[C@H]2C(=O)N(C)C2(CCC2)C(=O)N(C)[C@@H](C2CCCC2)C(=O)N(C)[C@H](C(=O)N2CCCCC2)CC(=O)N1C. The third-order valence-corrected chi connectivity index (χ3v) is 24.6. The highest BCUT2D eigenvalue weighted by Crippen LogP contribution is 2.43. The van der Waals surface area contributed by atoms with Gasteiger partial charge in [0.05, 0.1) is 37.3 Å². The van der Waals surface area contributed by atoms with E-state index in [1.54, 1.807) is 30.9 Å². The van der Waals surface area contributed by atoms with Crippen molar-refractivity contribution in [2.75, 3.05) is 95.3 Å². The molecular weight excluding hydrogens is 1480 g/mol. The van der Waals surface area contributed by atoms with Crippen LogP contribution in [0, 0.1) is 11.8 Å². The van der Waals surface area contributed by atoms with Crippen LogP contribution < -0.4 is 15.4 Å². The standard InChI is InChI=1S/C81H114F6N12O14/c1-12-25-58-69(102)89-67(50(4)13-2)76(109)97-43-23-29-60(97)72(105)92(7)59-28-17-15-22-42-98(75(59)108)62(44-51-30-34-54(35-31-51)80(82,83)84)71(104)90(5)49-65(100)88-57(37-33-52-32-36-56(81(85,86)87)64(45-52)112-11)70(103)99-48-55(113-14-3)46-63(99)73(106)95(10)79(38-24-39-79)78(111)94(9)68(53-26-18-19-27-53)77(110)93(8)61(47-66(101)91(58)6)74(107)96-40-20-16-21-41-96/h15,17,30-32,34-36,45,50,53,55,57-63,67-68H,12-14,16,18-29,33,37-44,46-49H2,1-11H3,(H,88,100)(H,89,102)/b17-15-/t50-,55+,57-,58-,59-,60-,61-,62-,63-,67-,68-/m0/s1. The Kier molecular flexibility index (Phi) is 29.7. The second kappa shape index (κ2) is 38.1. The highest BCUT2D eigenvalue weighted by Gasteiger charge is 2.57. The van der Waals surface area contributed by atoms with Gasteiger partial charge in [0.1, 0.15) is 65.7 Å². The van der Waals surface area contributed by atoms with E-state index in [-0.39, 0.29) is 95.2 Å². The van der Waals surface area contributed by atoms with Crippen molar-refractivity contribution >= 4 is 70.9 Å². The summed E-state index contributed by atoms with van der Waals surface area (Å²) >= 11 is 0. The highest BCUT2D eigenvalue weighted by molar-refractivity contribution is 6.01. The molecule has 1 spiro atoms. The van der Waals surface area contributed by atoms with Crippen LogP contribution in [0.15, 0.2) is 54.6 Å². The van der Waals surface area contributed by atoms with E-state index in [1.165, 1.54) is 87.6 Å². The monoisotopic (exact) mass is 1590 g/mol. The average Bonchev–Trinajstić information content (AvgIpc) is 1.74. The Balaban J connectivity index is 1.15. The van der Waals surface area contributed by atoms with Crippen LogP contribution in [0.5, 0.6) is 5.75 Å². The molecule has 2 aliphatic carbocycles. The first-order valence-electron chi connectivity index (χ1n) is 40.1. The number of ether oxygens (including phenoxy) is 2. The lowest BCUT2D eigenvalue weighted by atomic mass is 9.73. The van der Waals surface area contributed by atoms with Gasteiger partial charge in [0.2, 0.25) is 70.9 Å². The maximum atomic E-state index is 15.9. The summed E-state index contributed by atoms with van der Waals surface area (Å²) in [5.41, 5.74) is -3.30. The van der Waals surface area contributed by atoms with Crippen molar-refractivity contribution in [1.82, 2.24) is 59.6 Å². The van der Waals surface area contributed by atoms with Gasteiger partial charge in [0, 0.05) is 94.5 Å². The lowest BCUT2D eigenvalue weighted by Gasteiger charge is -2.51. The number of methoxy groups -OCH3 is 1. The van der Waals surface area contributed by atoms with Gasteiger partial charge in [-0.25, -0.2) is 0 Å². The van der Waals surface area contributed by atoms with Gasteiger partial charge in [-0.2, -0.15) is 26.3 Å². The first kappa shape index (κ1) is 88.1. The quantitative estimate of drug-likeness (QED) is 0.142. The maximum Gasteiger partial charge on any atom is 0.419 e. The molecule has 4 saturated heterocycles. The molecule has 6 fully saturated rings. The molecule has 624 valence electrons. The van der Waals surface area contributed by atoms with Gasteiger partial charge < -0.3 is 69.1 Å². The number of nitrogens with zero attached hydrogens (tertiary/aromatic N) is 10. The summed E-state index contributed by atoms with van der Waals surface area (Å²) in [7, 11) is 9.45. The third-order valence-electron chi connectivity index (χ3n) is 24.6. The molecule has 32 heteroatoms. The molecule has 2 saturated carbocycles. The number of carbonyl (C=O) groups excluding carboxylic acids is 12. The van der Waals surface area contributed by atoms with Crippen molar-refractivity contribution in [2.24, 2.45) is 11.8 Å². The summed E-state index contributed by atoms with van der Waals surface area (Å²) in [4.78, 5) is 198. The normalized spacial score (nSPS) is 27.5. The first-order chi connectivity index (χ1) is 53.5. The van der Waals surface area contributed by atoms with Crippen molar-refractivity contribution in [1.29, 1.82) is 0 Å². The topological polar surface area (TPSA) is 280 Å². The predicted molar refractivity (Wildman–Crippen MR) is 404 cm³/mol. The van der Waals surface area contributed by atoms with E-state index in [0.717, 1.165) is 54.8 Å². The summed E-state index contributed by atoms with van der Waals surface area (Å²) < 4.78 is 96.3. The maximum absolute atomic E-state index is 15.9. The van der Waals surface area contributed by atoms with Crippen molar-refractivity contribution in [3.63, 3.8) is 0 Å². The number of benzene rings is 2. The van der Waals surface area contributed by atoms with Crippen molar-refractivity contribution in [3.05, 3.63) is 76.9 Å². The smallest absolute Gasteiger partial charge is 0.419 e. The van der Waals surface area contributed by atoms with Crippen molar-refractivity contribution < 1.29 is 93.4 Å². The number of alkyl halides is 6. The molecule has 11 atom stereocenters. The van der Waals surface area contributed by atoms with Crippen LogP contribution in [-0.4, -0.2) is 281 Å². The molecule has 0 radical (unpaired) electrons. The minimum atomic E-state index is -4.82. The first-order valence-corrected chi connectivity index (χ1v) is 40.1. The summed E-state index contributed by atoms with van der Waals surface area (Å²) in [5, 5.41) is 5.69. The van der Waals surface area contributed by atoms with Crippen LogP contribution in [0.25, 0.3) is 0 Å². The van der Waals surface area contributed by atoms with Crippen molar-refractivity contribution in [2.45, 2.75) is 247 Å². The number of fused-ring (bicyclic) bond motifs is 4. The van der Waals surface area contributed by atoms with Gasteiger partial charge in [0.25, 0.3) is 0 Å². The predicted octanol–water partition coefficient (Wildman–Crippen LogP) is 7.02. The van der Waals surface area contributed by atoms with Crippen LogP contribution in [-0.2, 0) is 87.5 Å². The number of amides is 12. The molecule has 0 unspecified atom stereocenters. The minimum absolute atomic E-state index is 0.0647. The number of hydrogen-bond donors (Lipinski definition) is 2. The Bertz CT molecular complexity index is 3810. The van der Waals surface area contributed by atoms with Crippen LogP contribution >= 0.6 is 0 Å². The summed E-state index contributed by atoms with van der Waals surface area (Å²) in [6, 6.07) is -5.23. The number of likely N-dealkylation sites (tertiary alicyclic amines) is 1. The fraction of sp³-hybridized carbons (Fsp3) is 0.679. The number of carbonyl (C=O) groups is 12. The third kappa shape index (κ3) is 19.9. The zero-order valence-corrected chi connectivity index (χ0v) is 67.1. The number of nitrogens with one attached hydrogen (secondary N) is 2. The largest absolute Gasteiger partial charge is 0.496 e. The molecule has 5 heterocycles. The molecule has 5 aliphatic heterocycles. The fourth-order valence-corrected chi connectivity index (χ4v) is 17.5. The number of halogens is 6. The second-order valence-corrected chi connectivity index (χ2v) is 31.7. The van der Waals surface area contributed by atoms with Gasteiger partial charge in [-0.15, -0.1) is 0 Å². The molecule has 2 aromatic carbocycles. The van der Waals surface area contributed by atoms with Gasteiger partial charge >= 0.3 is 12.4 Å². The van der Waals surface area contributed by atoms with Gasteiger partial charge in [-0.1, -0.05) is 76.8 Å². The molecule has 9 rings (SSSR count). The lowest BCUT2D eigenvalue weighted by molar-refractivity contribution is -0.166. The van der Waals surface area contributed by atoms with Crippen LogP contribution in [0.3, 0.4) is 0 Å². The summed E-state index contributed by atoms with van der Waals surface area (Å²) in [5.74, 6) is -10.2. The minimum Gasteiger partial charge on any atom is -0.496 e. The molecule has 0 aromatic heterocycles. The summed E-state index contributed by atoms with van der Waals surface area (Å²) in [6.45, 7) is 6.71. The van der Waals surface area contributed by atoms with E-state index < -0.39 is 197 Å². The number of aryl methyl sites for hydroxylation is 1. The number of hydrogen-bond acceptors (Lipinski definition) is 14. The van der Waals surface area contributed by atoms with Gasteiger partial charge in [-0.3, -0.25) is 57.5 Å². The van der Waals surface area contributed by atoms with E-state index >= 15 is 52.7 Å². The van der Waals surface area contributed by atoms with E-state index in [4.69, 9.17) is 9.47 Å². The van der Waals surface area contributed by atoms with Crippen LogP contribution in [0.4, 0.5) is 26.3 Å². The zero-order chi connectivity index (χ0) is 82.7. The average molecular weight is 1590 g/mol. The highest BCUT2D eigenvalue weighted by atomic mass is 19.4. The van der Waals surface area contributed by atoms with Crippen molar-refractivity contribution in [3.8, 4) is 5.75 Å².